The van der Waals surface area contributed by atoms with Crippen LogP contribution in [0.25, 0.3) is 0 Å². The Morgan fingerprint density at radius 1 is 1.62 bits per heavy atom. The van der Waals surface area contributed by atoms with Crippen molar-refractivity contribution in [2.24, 2.45) is 0 Å². The maximum Gasteiger partial charge on any atom is 0.159 e. The Labute approximate surface area is 49.2 Å². The fraction of sp³-hybridized carbons (Fsp3) is 1.00. The van der Waals surface area contributed by atoms with E-state index >= 15 is 0 Å². The summed E-state index contributed by atoms with van der Waals surface area (Å²) in [6, 6.07) is 0. The van der Waals surface area contributed by atoms with Crippen LogP contribution in [-0.4, -0.2) is 25.3 Å². The van der Waals surface area contributed by atoms with E-state index in [4.69, 9.17) is 9.84 Å². The van der Waals surface area contributed by atoms with Crippen LogP contribution >= 0.6 is 0 Å². The molecule has 0 amide bonds. The number of rotatable bonds is 4. The third-order valence-corrected chi connectivity index (χ3v) is 0.857. The molecule has 0 spiro atoms. The molecule has 1 atom stereocenters. The van der Waals surface area contributed by atoms with Crippen LogP contribution in [-0.2, 0) is 9.47 Å². The summed E-state index contributed by atoms with van der Waals surface area (Å²) in [5, 5.41) is 8.20. The molecular weight excluding hydrogens is 108 g/mol. The van der Waals surface area contributed by atoms with Crippen LogP contribution in [0.5, 0.6) is 0 Å². The van der Waals surface area contributed by atoms with Gasteiger partial charge in [0.2, 0.25) is 0 Å². The second kappa shape index (κ2) is 5.03. The van der Waals surface area contributed by atoms with E-state index in [-0.39, 0.29) is 13.1 Å². The molecule has 3 heteroatoms. The lowest BCUT2D eigenvalue weighted by Gasteiger charge is -2.10. The lowest BCUT2D eigenvalue weighted by Crippen LogP contribution is -2.13. The number of methoxy groups -OCH3 is 1. The number of hydrogen-bond donors (Lipinski definition) is 1. The highest BCUT2D eigenvalue weighted by atomic mass is 16.7. The fourth-order valence-corrected chi connectivity index (χ4v) is 0.436. The first kappa shape index (κ1) is 7.88. The van der Waals surface area contributed by atoms with Gasteiger partial charge in [-0.25, -0.2) is 0 Å². The average molecular weight is 120 g/mol. The van der Waals surface area contributed by atoms with Gasteiger partial charge in [-0.05, 0) is 6.42 Å². The molecule has 0 aliphatic rings. The first-order chi connectivity index (χ1) is 3.85. The minimum Gasteiger partial charge on any atom is -0.371 e. The summed E-state index contributed by atoms with van der Waals surface area (Å²) in [6.45, 7) is 1.65. The number of ether oxygens (including phenoxy) is 2. The molecule has 0 saturated carbocycles. The standard InChI is InChI=1S/C5H12O3/c1-3-5(7-2)8-4-6/h5-6H,3-4H2,1-2H3. The highest BCUT2D eigenvalue weighted by Crippen LogP contribution is 1.95. The van der Waals surface area contributed by atoms with Crippen LogP contribution in [0, 0.1) is 0 Å². The van der Waals surface area contributed by atoms with E-state index in [0.29, 0.717) is 0 Å². The molecule has 8 heavy (non-hydrogen) atoms. The van der Waals surface area contributed by atoms with E-state index in [1.807, 2.05) is 6.92 Å². The van der Waals surface area contributed by atoms with Gasteiger partial charge in [-0.2, -0.15) is 0 Å². The van der Waals surface area contributed by atoms with E-state index in [1.165, 1.54) is 0 Å². The number of aliphatic hydroxyl groups excluding tert-OH is 1. The zero-order chi connectivity index (χ0) is 6.41. The van der Waals surface area contributed by atoms with Crippen LogP contribution < -0.4 is 0 Å². The quantitative estimate of drug-likeness (QED) is 0.543. The van der Waals surface area contributed by atoms with E-state index in [9.17, 15) is 0 Å². The molecule has 0 aliphatic carbocycles. The predicted molar refractivity (Wildman–Crippen MR) is 29.3 cm³/mol. The average Bonchev–Trinajstić information content (AvgIpc) is 1.83. The van der Waals surface area contributed by atoms with Crippen molar-refractivity contribution < 1.29 is 14.6 Å². The highest BCUT2D eigenvalue weighted by molar-refractivity contribution is 4.32. The Bertz CT molecular complexity index is 42.9. The summed E-state index contributed by atoms with van der Waals surface area (Å²) in [5.74, 6) is 0. The van der Waals surface area contributed by atoms with E-state index in [0.717, 1.165) is 6.42 Å². The third kappa shape index (κ3) is 2.96. The van der Waals surface area contributed by atoms with Crippen LogP contribution in [0.4, 0.5) is 0 Å². The molecule has 0 aliphatic heterocycles. The SMILES string of the molecule is CCC(OC)OCO. The maximum atomic E-state index is 8.20. The van der Waals surface area contributed by atoms with Crippen molar-refractivity contribution in [1.29, 1.82) is 0 Å². The molecule has 3 nitrogen and oxygen atoms in total. The maximum absolute atomic E-state index is 8.20. The second-order valence-corrected chi connectivity index (χ2v) is 1.37. The number of hydrogen-bond acceptors (Lipinski definition) is 3. The van der Waals surface area contributed by atoms with Crippen molar-refractivity contribution in [3.63, 3.8) is 0 Å². The zero-order valence-electron chi connectivity index (χ0n) is 5.26. The molecule has 0 fully saturated rings. The smallest absolute Gasteiger partial charge is 0.159 e. The summed E-state index contributed by atoms with van der Waals surface area (Å²) in [5.41, 5.74) is 0. The van der Waals surface area contributed by atoms with Crippen LogP contribution in [0.1, 0.15) is 13.3 Å². The Hall–Kier alpha value is -0.120. The summed E-state index contributed by atoms with van der Waals surface area (Å²) >= 11 is 0. The molecule has 1 unspecified atom stereocenters. The zero-order valence-corrected chi connectivity index (χ0v) is 5.26. The normalized spacial score (nSPS) is 13.9. The summed E-state index contributed by atoms with van der Waals surface area (Å²) < 4.78 is 9.43. The van der Waals surface area contributed by atoms with Crippen LogP contribution in [0.2, 0.25) is 0 Å². The number of aliphatic hydroxyl groups is 1. The summed E-state index contributed by atoms with van der Waals surface area (Å²) in [6.07, 6.45) is 0.511. The van der Waals surface area contributed by atoms with E-state index in [2.05, 4.69) is 4.74 Å². The van der Waals surface area contributed by atoms with E-state index < -0.39 is 0 Å². The predicted octanol–water partition coefficient (Wildman–Crippen LogP) is 0.335. The molecule has 0 rings (SSSR count). The first-order valence-electron chi connectivity index (χ1n) is 2.60. The molecule has 50 valence electrons. The van der Waals surface area contributed by atoms with Gasteiger partial charge in [-0.3, -0.25) is 0 Å². The second-order valence-electron chi connectivity index (χ2n) is 1.37. The third-order valence-electron chi connectivity index (χ3n) is 0.857. The first-order valence-corrected chi connectivity index (χ1v) is 2.60. The molecule has 0 bridgehead atoms. The van der Waals surface area contributed by atoms with Crippen LogP contribution in [0.15, 0.2) is 0 Å². The Morgan fingerprint density at radius 2 is 2.25 bits per heavy atom. The summed E-state index contributed by atoms with van der Waals surface area (Å²) in [4.78, 5) is 0. The molecule has 1 N–H and O–H groups in total. The lowest BCUT2D eigenvalue weighted by molar-refractivity contribution is -0.168. The molecule has 0 aromatic heterocycles. The van der Waals surface area contributed by atoms with Gasteiger partial charge >= 0.3 is 0 Å². The fourth-order valence-electron chi connectivity index (χ4n) is 0.436. The minimum atomic E-state index is -0.271. The highest BCUT2D eigenvalue weighted by Gasteiger charge is 1.99. The molecule has 0 aromatic rings. The van der Waals surface area contributed by atoms with Gasteiger partial charge in [0.15, 0.2) is 6.29 Å². The van der Waals surface area contributed by atoms with Gasteiger partial charge in [0, 0.05) is 7.11 Å². The molecule has 0 radical (unpaired) electrons. The largest absolute Gasteiger partial charge is 0.371 e. The monoisotopic (exact) mass is 120 g/mol. The van der Waals surface area contributed by atoms with Gasteiger partial charge in [0.1, 0.15) is 6.79 Å². The van der Waals surface area contributed by atoms with E-state index in [1.54, 1.807) is 7.11 Å². The van der Waals surface area contributed by atoms with Crippen molar-refractivity contribution in [2.45, 2.75) is 19.6 Å². The van der Waals surface area contributed by atoms with Crippen molar-refractivity contribution in [3.05, 3.63) is 0 Å². The van der Waals surface area contributed by atoms with Crippen molar-refractivity contribution in [3.8, 4) is 0 Å². The molecule has 0 saturated heterocycles. The minimum absolute atomic E-state index is 0.250. The van der Waals surface area contributed by atoms with Gasteiger partial charge in [0.25, 0.3) is 0 Å². The molecule has 0 heterocycles. The Balaban J connectivity index is 3.07. The van der Waals surface area contributed by atoms with Crippen molar-refractivity contribution >= 4 is 0 Å². The topological polar surface area (TPSA) is 38.7 Å². The Kier molecular flexibility index (Phi) is 4.95. The van der Waals surface area contributed by atoms with Gasteiger partial charge < -0.3 is 14.6 Å². The lowest BCUT2D eigenvalue weighted by atomic mass is 10.5. The Morgan fingerprint density at radius 3 is 2.38 bits per heavy atom. The summed E-state index contributed by atoms with van der Waals surface area (Å²) in [7, 11) is 1.55. The molecular formula is C5H12O3. The van der Waals surface area contributed by atoms with Crippen molar-refractivity contribution in [2.75, 3.05) is 13.9 Å². The van der Waals surface area contributed by atoms with Crippen molar-refractivity contribution in [1.82, 2.24) is 0 Å². The molecule has 0 aromatic carbocycles. The van der Waals surface area contributed by atoms with Gasteiger partial charge in [-0.15, -0.1) is 0 Å². The van der Waals surface area contributed by atoms with Crippen LogP contribution in [0.3, 0.4) is 0 Å². The van der Waals surface area contributed by atoms with Gasteiger partial charge in [0.05, 0.1) is 0 Å². The van der Waals surface area contributed by atoms with Gasteiger partial charge in [-0.1, -0.05) is 6.92 Å².